The molecular formula is C33H21N3O. The minimum absolute atomic E-state index is 0.844. The zero-order valence-corrected chi connectivity index (χ0v) is 20.1. The predicted molar refractivity (Wildman–Crippen MR) is 151 cm³/mol. The highest BCUT2D eigenvalue weighted by atomic mass is 16.3. The van der Waals surface area contributed by atoms with Gasteiger partial charge in [-0.25, -0.2) is 4.98 Å². The zero-order chi connectivity index (χ0) is 24.5. The molecule has 0 spiro atoms. The van der Waals surface area contributed by atoms with Crippen molar-refractivity contribution in [3.05, 3.63) is 115 Å². The van der Waals surface area contributed by atoms with Gasteiger partial charge in [-0.3, -0.25) is 9.55 Å². The Morgan fingerprint density at radius 1 is 0.649 bits per heavy atom. The monoisotopic (exact) mass is 475 g/mol. The van der Waals surface area contributed by atoms with Crippen LogP contribution in [0, 0.1) is 6.92 Å². The number of aromatic nitrogens is 3. The van der Waals surface area contributed by atoms with Crippen molar-refractivity contribution in [3.8, 4) is 17.1 Å². The summed E-state index contributed by atoms with van der Waals surface area (Å²) in [5.41, 5.74) is 6.72. The van der Waals surface area contributed by atoms with Crippen LogP contribution in [0.3, 0.4) is 0 Å². The molecule has 0 atom stereocenters. The number of para-hydroxylation sites is 2. The largest absolute Gasteiger partial charge is 0.455 e. The van der Waals surface area contributed by atoms with Crippen LogP contribution in [-0.2, 0) is 0 Å². The van der Waals surface area contributed by atoms with Crippen LogP contribution in [0.15, 0.2) is 114 Å². The van der Waals surface area contributed by atoms with Crippen molar-refractivity contribution < 1.29 is 4.42 Å². The molecule has 0 fully saturated rings. The number of furan rings is 1. The van der Waals surface area contributed by atoms with E-state index in [1.54, 1.807) is 0 Å². The molecular weight excluding hydrogens is 454 g/mol. The zero-order valence-electron chi connectivity index (χ0n) is 20.1. The summed E-state index contributed by atoms with van der Waals surface area (Å²) in [6.45, 7) is 2.06. The van der Waals surface area contributed by atoms with Gasteiger partial charge in [-0.05, 0) is 52.9 Å². The molecule has 0 unspecified atom stereocenters. The molecule has 8 aromatic rings. The van der Waals surface area contributed by atoms with Gasteiger partial charge in [0.15, 0.2) is 0 Å². The van der Waals surface area contributed by atoms with Gasteiger partial charge in [0.05, 0.1) is 22.8 Å². The molecule has 3 heterocycles. The number of hydrogen-bond donors (Lipinski definition) is 0. The number of rotatable bonds is 2. The Hall–Kier alpha value is -4.96. The fourth-order valence-electron chi connectivity index (χ4n) is 5.66. The molecule has 5 aromatic carbocycles. The second-order valence-corrected chi connectivity index (χ2v) is 9.54. The first-order valence-electron chi connectivity index (χ1n) is 12.4. The van der Waals surface area contributed by atoms with Crippen molar-refractivity contribution in [1.29, 1.82) is 0 Å². The Kier molecular flexibility index (Phi) is 4.12. The van der Waals surface area contributed by atoms with E-state index in [1.807, 2.05) is 30.6 Å². The van der Waals surface area contributed by atoms with E-state index in [2.05, 4.69) is 95.3 Å². The molecule has 0 aliphatic heterocycles. The minimum Gasteiger partial charge on any atom is -0.455 e. The maximum Gasteiger partial charge on any atom is 0.149 e. The molecule has 0 saturated carbocycles. The SMILES string of the molecule is Cc1cncc2c1nc(-c1cccc3c1oc1c3ccc3ccc4ccccc4c31)n2-c1ccccc1. The van der Waals surface area contributed by atoms with Gasteiger partial charge in [0.2, 0.25) is 0 Å². The summed E-state index contributed by atoms with van der Waals surface area (Å²) >= 11 is 0. The molecule has 174 valence electrons. The summed E-state index contributed by atoms with van der Waals surface area (Å²) in [6.07, 6.45) is 3.76. The van der Waals surface area contributed by atoms with Crippen LogP contribution in [0.25, 0.3) is 71.6 Å². The fourth-order valence-corrected chi connectivity index (χ4v) is 5.66. The van der Waals surface area contributed by atoms with Gasteiger partial charge in [-0.1, -0.05) is 72.8 Å². The topological polar surface area (TPSA) is 43.9 Å². The molecule has 8 rings (SSSR count). The summed E-state index contributed by atoms with van der Waals surface area (Å²) in [4.78, 5) is 9.64. The molecule has 0 radical (unpaired) electrons. The number of hydrogen-bond acceptors (Lipinski definition) is 3. The summed E-state index contributed by atoms with van der Waals surface area (Å²) in [6, 6.07) is 33.9. The van der Waals surface area contributed by atoms with E-state index in [0.29, 0.717) is 0 Å². The minimum atomic E-state index is 0.844. The third kappa shape index (κ3) is 2.84. The normalized spacial score (nSPS) is 11.9. The number of nitrogens with zero attached hydrogens (tertiary/aromatic N) is 3. The average molecular weight is 476 g/mol. The van der Waals surface area contributed by atoms with Crippen LogP contribution in [0.5, 0.6) is 0 Å². The summed E-state index contributed by atoms with van der Waals surface area (Å²) in [7, 11) is 0. The van der Waals surface area contributed by atoms with Gasteiger partial charge in [-0.15, -0.1) is 0 Å². The lowest BCUT2D eigenvalue weighted by molar-refractivity contribution is 0.673. The van der Waals surface area contributed by atoms with Gasteiger partial charge < -0.3 is 4.42 Å². The van der Waals surface area contributed by atoms with Crippen LogP contribution in [-0.4, -0.2) is 14.5 Å². The first kappa shape index (κ1) is 20.3. The van der Waals surface area contributed by atoms with Crippen molar-refractivity contribution in [2.24, 2.45) is 0 Å². The van der Waals surface area contributed by atoms with E-state index < -0.39 is 0 Å². The first-order valence-corrected chi connectivity index (χ1v) is 12.4. The maximum atomic E-state index is 6.81. The highest BCUT2D eigenvalue weighted by molar-refractivity contribution is 6.23. The smallest absolute Gasteiger partial charge is 0.149 e. The van der Waals surface area contributed by atoms with Crippen molar-refractivity contribution in [3.63, 3.8) is 0 Å². The average Bonchev–Trinajstić information content (AvgIpc) is 3.53. The predicted octanol–water partition coefficient (Wildman–Crippen LogP) is 8.60. The van der Waals surface area contributed by atoms with Crippen LogP contribution in [0.1, 0.15) is 5.56 Å². The number of imidazole rings is 1. The fraction of sp³-hybridized carbons (Fsp3) is 0.0303. The Labute approximate surface area is 212 Å². The van der Waals surface area contributed by atoms with E-state index >= 15 is 0 Å². The summed E-state index contributed by atoms with van der Waals surface area (Å²) < 4.78 is 8.99. The van der Waals surface area contributed by atoms with Gasteiger partial charge in [-0.2, -0.15) is 0 Å². The lowest BCUT2D eigenvalue weighted by Gasteiger charge is -2.09. The lowest BCUT2D eigenvalue weighted by Crippen LogP contribution is -1.97. The van der Waals surface area contributed by atoms with E-state index in [9.17, 15) is 0 Å². The third-order valence-corrected chi connectivity index (χ3v) is 7.38. The van der Waals surface area contributed by atoms with Crippen LogP contribution < -0.4 is 0 Å². The van der Waals surface area contributed by atoms with E-state index in [1.165, 1.54) is 16.2 Å². The van der Waals surface area contributed by atoms with Gasteiger partial charge in [0, 0.05) is 28.0 Å². The van der Waals surface area contributed by atoms with Crippen molar-refractivity contribution >= 4 is 54.5 Å². The quantitative estimate of drug-likeness (QED) is 0.235. The second kappa shape index (κ2) is 7.52. The molecule has 4 nitrogen and oxygen atoms in total. The Balaban J connectivity index is 1.52. The summed E-state index contributed by atoms with van der Waals surface area (Å²) in [5, 5.41) is 6.92. The summed E-state index contributed by atoms with van der Waals surface area (Å²) in [5.74, 6) is 0.844. The second-order valence-electron chi connectivity index (χ2n) is 9.54. The van der Waals surface area contributed by atoms with Gasteiger partial charge in [0.1, 0.15) is 17.0 Å². The number of fused-ring (bicyclic) bond motifs is 8. The van der Waals surface area contributed by atoms with Gasteiger partial charge in [0.25, 0.3) is 0 Å². The number of benzene rings is 5. The van der Waals surface area contributed by atoms with Gasteiger partial charge >= 0.3 is 0 Å². The maximum absolute atomic E-state index is 6.81. The Morgan fingerprint density at radius 2 is 1.41 bits per heavy atom. The Bertz CT molecular complexity index is 2150. The molecule has 4 heteroatoms. The highest BCUT2D eigenvalue weighted by Crippen LogP contribution is 2.41. The van der Waals surface area contributed by atoms with Crippen molar-refractivity contribution in [2.45, 2.75) is 6.92 Å². The molecule has 0 N–H and O–H groups in total. The Morgan fingerprint density at radius 3 is 2.32 bits per heavy atom. The van der Waals surface area contributed by atoms with Crippen LogP contribution in [0.4, 0.5) is 0 Å². The number of aryl methyl sites for hydroxylation is 1. The molecule has 0 bridgehead atoms. The van der Waals surface area contributed by atoms with Crippen molar-refractivity contribution in [1.82, 2.24) is 14.5 Å². The molecule has 3 aromatic heterocycles. The van der Waals surface area contributed by atoms with Crippen LogP contribution in [0.2, 0.25) is 0 Å². The highest BCUT2D eigenvalue weighted by Gasteiger charge is 2.21. The lowest BCUT2D eigenvalue weighted by atomic mass is 9.99. The first-order chi connectivity index (χ1) is 18.3. The molecule has 0 aliphatic rings. The molecule has 37 heavy (non-hydrogen) atoms. The van der Waals surface area contributed by atoms with Crippen LogP contribution >= 0.6 is 0 Å². The van der Waals surface area contributed by atoms with E-state index in [-0.39, 0.29) is 0 Å². The van der Waals surface area contributed by atoms with Crippen molar-refractivity contribution in [2.75, 3.05) is 0 Å². The van der Waals surface area contributed by atoms with E-state index in [4.69, 9.17) is 9.40 Å². The third-order valence-electron chi connectivity index (χ3n) is 7.38. The molecule has 0 amide bonds. The van der Waals surface area contributed by atoms with E-state index in [0.717, 1.165) is 61.0 Å². The number of pyridine rings is 1. The molecule has 0 saturated heterocycles. The molecule has 0 aliphatic carbocycles. The standard InChI is InChI=1S/C33H21N3O/c1-20-18-34-19-28-30(20)35-33(36(28)23-9-3-2-4-10-23)27-13-7-12-25-26-17-16-22-15-14-21-8-5-6-11-24(21)29(22)32(26)37-31(25)27/h2-19H,1H3.